The maximum Gasteiger partial charge on any atom is 0 e. The molecule has 5 heteroatoms. The van der Waals surface area contributed by atoms with Gasteiger partial charge in [-0.1, -0.05) is 97.9 Å². The fraction of sp³-hybridized carbons (Fsp3) is 0.174. The normalized spacial score (nSPS) is 11.6. The first-order valence-corrected chi connectivity index (χ1v) is 24.6. The van der Waals surface area contributed by atoms with Gasteiger partial charge in [0.05, 0.1) is 5.58 Å². The van der Waals surface area contributed by atoms with Crippen LogP contribution in [0.25, 0.3) is 66.4 Å². The van der Waals surface area contributed by atoms with E-state index in [1.807, 2.05) is 42.7 Å². The zero-order chi connectivity index (χ0) is 34.9. The van der Waals surface area contributed by atoms with E-state index in [0.717, 1.165) is 56.3 Å². The summed E-state index contributed by atoms with van der Waals surface area (Å²) >= 11 is -1.72. The molecule has 51 heavy (non-hydrogen) atoms. The topological polar surface area (TPSA) is 38.9 Å². The third-order valence-corrected chi connectivity index (χ3v) is 13.2. The number of hydrogen-bond donors (Lipinski definition) is 0. The summed E-state index contributed by atoms with van der Waals surface area (Å²) in [6.07, 6.45) is 4.92. The molecule has 3 nitrogen and oxygen atoms in total. The Hall–Kier alpha value is -4.35. The van der Waals surface area contributed by atoms with E-state index in [2.05, 4.69) is 146 Å². The molecule has 0 spiro atoms. The average Bonchev–Trinajstić information content (AvgIpc) is 3.52. The predicted molar refractivity (Wildman–Crippen MR) is 213 cm³/mol. The number of benzene rings is 5. The number of rotatable bonds is 5. The molecular formula is C46H42GeIrN2O-2. The zero-order valence-corrected chi connectivity index (χ0v) is 34.5. The van der Waals surface area contributed by atoms with Gasteiger partial charge in [-0.05, 0) is 46.2 Å². The van der Waals surface area contributed by atoms with Crippen LogP contribution in [0.2, 0.25) is 17.3 Å². The molecule has 0 unspecified atom stereocenters. The van der Waals surface area contributed by atoms with Gasteiger partial charge in [0.1, 0.15) is 5.58 Å². The van der Waals surface area contributed by atoms with Crippen molar-refractivity contribution in [1.82, 2.24) is 9.97 Å². The second kappa shape index (κ2) is 15.1. The number of pyridine rings is 2. The quantitative estimate of drug-likeness (QED) is 0.128. The molecule has 3 heterocycles. The molecule has 0 N–H and O–H groups in total. The number of hydrogen-bond acceptors (Lipinski definition) is 3. The van der Waals surface area contributed by atoms with Gasteiger partial charge in [0.25, 0.3) is 0 Å². The van der Waals surface area contributed by atoms with Crippen molar-refractivity contribution in [2.24, 2.45) is 5.41 Å². The first-order valence-electron chi connectivity index (χ1n) is 17.3. The zero-order valence-electron chi connectivity index (χ0n) is 30.0. The Morgan fingerprint density at radius 1 is 0.686 bits per heavy atom. The van der Waals surface area contributed by atoms with Crippen molar-refractivity contribution >= 4 is 50.4 Å². The number of nitrogens with zero attached hydrogens (tertiary/aromatic N) is 2. The molecule has 1 radical (unpaired) electrons. The molecule has 0 aliphatic rings. The van der Waals surface area contributed by atoms with Gasteiger partial charge in [0.15, 0.2) is 0 Å². The Morgan fingerprint density at radius 3 is 2.16 bits per heavy atom. The van der Waals surface area contributed by atoms with E-state index < -0.39 is 13.3 Å². The summed E-state index contributed by atoms with van der Waals surface area (Å²) in [6, 6.07) is 48.6. The Kier molecular flexibility index (Phi) is 10.8. The van der Waals surface area contributed by atoms with Crippen molar-refractivity contribution in [3.63, 3.8) is 0 Å². The van der Waals surface area contributed by atoms with E-state index in [9.17, 15) is 0 Å². The van der Waals surface area contributed by atoms with Crippen molar-refractivity contribution < 1.29 is 24.5 Å². The summed E-state index contributed by atoms with van der Waals surface area (Å²) in [6.45, 7) is 6.78. The van der Waals surface area contributed by atoms with Gasteiger partial charge in [-0.2, -0.15) is 0 Å². The SMILES string of the molecule is CC(C)(C)Cc1ccnc(-c2[c-]ccc3c2oc2c4ccccc4cc(-c4ccccc4)c32)c1.[CH3][Ge]([CH3])([CH3])[c]1ccc(-c2[c-]cccc2)nc1.[Ir]. The Morgan fingerprint density at radius 2 is 1.45 bits per heavy atom. The van der Waals surface area contributed by atoms with Gasteiger partial charge in [-0.15, -0.1) is 18.2 Å². The van der Waals surface area contributed by atoms with Crippen LogP contribution in [0.3, 0.4) is 0 Å². The van der Waals surface area contributed by atoms with Crippen molar-refractivity contribution in [1.29, 1.82) is 0 Å². The van der Waals surface area contributed by atoms with Crippen LogP contribution in [0.5, 0.6) is 0 Å². The molecule has 0 fully saturated rings. The molecule has 0 atom stereocenters. The smallest absolute Gasteiger partial charge is 0 e. The van der Waals surface area contributed by atoms with Crippen molar-refractivity contribution in [2.75, 3.05) is 0 Å². The first kappa shape index (κ1) is 36.4. The molecule has 0 aliphatic carbocycles. The van der Waals surface area contributed by atoms with Crippen LogP contribution in [0.4, 0.5) is 0 Å². The summed E-state index contributed by atoms with van der Waals surface area (Å²) in [4.78, 5) is 9.24. The Labute approximate surface area is 317 Å². The minimum Gasteiger partial charge on any atom is 0 e. The molecule has 0 saturated heterocycles. The summed E-state index contributed by atoms with van der Waals surface area (Å²) in [5.41, 5.74) is 9.48. The van der Waals surface area contributed by atoms with Crippen LogP contribution in [-0.2, 0) is 26.5 Å². The van der Waals surface area contributed by atoms with Crippen LogP contribution in [0.1, 0.15) is 26.3 Å². The predicted octanol–water partition coefficient (Wildman–Crippen LogP) is 11.9. The molecular weight excluding hydrogens is 861 g/mol. The summed E-state index contributed by atoms with van der Waals surface area (Å²) < 4.78 is 8.13. The second-order valence-corrected chi connectivity index (χ2v) is 25.8. The molecule has 257 valence electrons. The minimum atomic E-state index is -1.72. The maximum atomic E-state index is 6.68. The molecule has 0 saturated carbocycles. The molecule has 0 amide bonds. The van der Waals surface area contributed by atoms with E-state index in [-0.39, 0.29) is 25.5 Å². The molecule has 0 aliphatic heterocycles. The summed E-state index contributed by atoms with van der Waals surface area (Å²) in [7, 11) is 0. The van der Waals surface area contributed by atoms with Gasteiger partial charge in [-0.3, -0.25) is 0 Å². The van der Waals surface area contributed by atoms with Crippen LogP contribution in [0.15, 0.2) is 138 Å². The molecule has 3 aromatic heterocycles. The second-order valence-electron chi connectivity index (χ2n) is 15.2. The fourth-order valence-corrected chi connectivity index (χ4v) is 8.67. The Bertz CT molecular complexity index is 2410. The van der Waals surface area contributed by atoms with E-state index in [0.29, 0.717) is 0 Å². The number of aromatic nitrogens is 2. The van der Waals surface area contributed by atoms with Gasteiger partial charge in [0.2, 0.25) is 0 Å². The molecule has 8 aromatic rings. The summed E-state index contributed by atoms with van der Waals surface area (Å²) in [5, 5.41) is 4.52. The van der Waals surface area contributed by atoms with Gasteiger partial charge in [0, 0.05) is 37.1 Å². The van der Waals surface area contributed by atoms with Crippen molar-refractivity contribution in [3.8, 4) is 33.6 Å². The minimum absolute atomic E-state index is 0. The third kappa shape index (κ3) is 8.10. The van der Waals surface area contributed by atoms with Crippen LogP contribution >= 0.6 is 0 Å². The number of furan rings is 1. The Balaban J connectivity index is 0.000000222. The monoisotopic (exact) mass is 905 g/mol. The van der Waals surface area contributed by atoms with E-state index in [1.165, 1.54) is 26.5 Å². The molecule has 5 aromatic carbocycles. The van der Waals surface area contributed by atoms with Crippen molar-refractivity contribution in [3.05, 3.63) is 151 Å². The van der Waals surface area contributed by atoms with E-state index in [4.69, 9.17) is 9.40 Å². The van der Waals surface area contributed by atoms with Crippen LogP contribution in [-0.4, -0.2) is 23.2 Å². The van der Waals surface area contributed by atoms with Crippen LogP contribution < -0.4 is 4.40 Å². The first-order chi connectivity index (χ1) is 24.0. The number of fused-ring (bicyclic) bond motifs is 5. The standard InChI is InChI=1S/C32H26NO.C14H16GeN.Ir/c1-32(2,3)20-21-16-17-33-28(18-21)25-14-9-15-26-29-27(22-10-5-4-6-11-22)19-23-12-7-8-13-24(23)31(29)34-30(25)26;1-15(2,3)13-9-10-14(16-11-13)12-7-5-4-6-8-12;/h4-13,15-19H,20H2,1-3H3;4-7,9-11H,1-3H3;/q2*-1;. The van der Waals surface area contributed by atoms with Gasteiger partial charge < -0.3 is 9.40 Å². The van der Waals surface area contributed by atoms with Gasteiger partial charge >= 0.3 is 99.8 Å². The average molecular weight is 904 g/mol. The molecule has 8 rings (SSSR count). The molecule has 0 bridgehead atoms. The van der Waals surface area contributed by atoms with Crippen LogP contribution in [0, 0.1) is 17.5 Å². The van der Waals surface area contributed by atoms with Crippen molar-refractivity contribution in [2.45, 2.75) is 44.5 Å². The van der Waals surface area contributed by atoms with Gasteiger partial charge in [-0.25, -0.2) is 0 Å². The largest absolute Gasteiger partial charge is 0 e. The maximum absolute atomic E-state index is 6.68. The third-order valence-electron chi connectivity index (χ3n) is 8.94. The fourth-order valence-electron chi connectivity index (χ4n) is 6.50. The van der Waals surface area contributed by atoms with E-state index in [1.54, 1.807) is 0 Å². The summed E-state index contributed by atoms with van der Waals surface area (Å²) in [5.74, 6) is 7.14. The van der Waals surface area contributed by atoms with E-state index >= 15 is 0 Å².